The third kappa shape index (κ3) is 3.87. The zero-order valence-corrected chi connectivity index (χ0v) is 11.3. The Morgan fingerprint density at radius 1 is 1.39 bits per heavy atom. The van der Waals surface area contributed by atoms with Crippen molar-refractivity contribution in [3.8, 4) is 0 Å². The Hall–Kier alpha value is -1.30. The van der Waals surface area contributed by atoms with Crippen LogP contribution in [-0.2, 0) is 14.3 Å². The molecule has 1 amide bonds. The molecule has 0 saturated carbocycles. The van der Waals surface area contributed by atoms with Gasteiger partial charge in [0.25, 0.3) is 0 Å². The van der Waals surface area contributed by atoms with Gasteiger partial charge in [0.2, 0.25) is 0 Å². The van der Waals surface area contributed by atoms with E-state index in [9.17, 15) is 9.59 Å². The summed E-state index contributed by atoms with van der Waals surface area (Å²) in [6.45, 7) is 5.84. The van der Waals surface area contributed by atoms with Gasteiger partial charge in [-0.1, -0.05) is 0 Å². The maximum atomic E-state index is 12.0. The molecule has 1 saturated heterocycles. The van der Waals surface area contributed by atoms with Gasteiger partial charge in [-0.3, -0.25) is 4.79 Å². The number of carboxylic acids is 1. The van der Waals surface area contributed by atoms with Crippen molar-refractivity contribution in [1.82, 2.24) is 4.90 Å². The summed E-state index contributed by atoms with van der Waals surface area (Å²) in [6.07, 6.45) is -0.0733. The Morgan fingerprint density at radius 2 is 2.00 bits per heavy atom. The van der Waals surface area contributed by atoms with Crippen LogP contribution in [0.2, 0.25) is 0 Å². The van der Waals surface area contributed by atoms with Crippen LogP contribution in [0.5, 0.6) is 0 Å². The molecule has 1 fully saturated rings. The normalized spacial score (nSPS) is 24.1. The van der Waals surface area contributed by atoms with Crippen molar-refractivity contribution in [1.29, 1.82) is 0 Å². The molecule has 0 aromatic heterocycles. The molecule has 0 aliphatic carbocycles. The second kappa shape index (κ2) is 5.56. The summed E-state index contributed by atoms with van der Waals surface area (Å²) in [4.78, 5) is 24.4. The minimum absolute atomic E-state index is 0.179. The first-order chi connectivity index (χ1) is 8.24. The lowest BCUT2D eigenvalue weighted by molar-refractivity contribution is -0.141. The number of amides is 1. The van der Waals surface area contributed by atoms with Crippen molar-refractivity contribution < 1.29 is 24.2 Å². The predicted molar refractivity (Wildman–Crippen MR) is 64.3 cm³/mol. The Balaban J connectivity index is 2.71. The summed E-state index contributed by atoms with van der Waals surface area (Å²) in [5.41, 5.74) is -0.587. The number of carbonyl (C=O) groups excluding carboxylic acids is 1. The van der Waals surface area contributed by atoms with E-state index in [1.807, 2.05) is 0 Å². The highest BCUT2D eigenvalue weighted by atomic mass is 16.6. The van der Waals surface area contributed by atoms with Gasteiger partial charge in [0, 0.05) is 13.7 Å². The molecule has 1 aliphatic heterocycles. The molecule has 6 heteroatoms. The molecule has 0 aromatic rings. The average Bonchev–Trinajstić information content (AvgIpc) is 2.59. The van der Waals surface area contributed by atoms with Gasteiger partial charge in [-0.05, 0) is 27.2 Å². The van der Waals surface area contributed by atoms with Crippen LogP contribution in [0.1, 0.15) is 27.2 Å². The highest BCUT2D eigenvalue weighted by molar-refractivity contribution is 5.74. The second-order valence-corrected chi connectivity index (χ2v) is 5.51. The Labute approximate surface area is 107 Å². The van der Waals surface area contributed by atoms with Gasteiger partial charge in [0.05, 0.1) is 18.6 Å². The molecule has 0 aromatic carbocycles. The summed E-state index contributed by atoms with van der Waals surface area (Å²) < 4.78 is 10.3. The molecule has 0 unspecified atom stereocenters. The fraction of sp³-hybridized carbons (Fsp3) is 0.833. The van der Waals surface area contributed by atoms with Crippen molar-refractivity contribution in [3.05, 3.63) is 0 Å². The molecule has 1 heterocycles. The molecule has 104 valence electrons. The number of carbonyl (C=O) groups is 2. The minimum atomic E-state index is -0.887. The van der Waals surface area contributed by atoms with Gasteiger partial charge in [-0.2, -0.15) is 0 Å². The highest BCUT2D eigenvalue weighted by Gasteiger charge is 2.40. The first-order valence-electron chi connectivity index (χ1n) is 5.96. The summed E-state index contributed by atoms with van der Waals surface area (Å²) in [5.74, 6) is -1.43. The molecule has 1 N–H and O–H groups in total. The van der Waals surface area contributed by atoms with Gasteiger partial charge in [-0.15, -0.1) is 0 Å². The number of nitrogens with zero attached hydrogens (tertiary/aromatic N) is 1. The van der Waals surface area contributed by atoms with Crippen LogP contribution in [-0.4, -0.2) is 54.0 Å². The fourth-order valence-corrected chi connectivity index (χ4v) is 1.99. The number of rotatable bonds is 3. The molecular formula is C12H21NO5. The van der Waals surface area contributed by atoms with E-state index >= 15 is 0 Å². The van der Waals surface area contributed by atoms with Gasteiger partial charge < -0.3 is 19.5 Å². The fourth-order valence-electron chi connectivity index (χ4n) is 1.99. The van der Waals surface area contributed by atoms with E-state index in [0.717, 1.165) is 0 Å². The monoisotopic (exact) mass is 259 g/mol. The van der Waals surface area contributed by atoms with E-state index in [2.05, 4.69) is 0 Å². The molecule has 18 heavy (non-hydrogen) atoms. The van der Waals surface area contributed by atoms with E-state index < -0.39 is 23.6 Å². The summed E-state index contributed by atoms with van der Waals surface area (Å²) in [5, 5.41) is 9.01. The number of methoxy groups -OCH3 is 1. The number of likely N-dealkylation sites (tertiary alicyclic amines) is 1. The second-order valence-electron chi connectivity index (χ2n) is 5.51. The number of carboxylic acid groups (broad SMARTS) is 1. The lowest BCUT2D eigenvalue weighted by Gasteiger charge is -2.28. The summed E-state index contributed by atoms with van der Waals surface area (Å²) in [7, 11) is 1.53. The molecular weight excluding hydrogens is 238 g/mol. The van der Waals surface area contributed by atoms with Crippen LogP contribution in [0, 0.1) is 5.92 Å². The summed E-state index contributed by atoms with van der Waals surface area (Å²) >= 11 is 0. The van der Waals surface area contributed by atoms with E-state index in [-0.39, 0.29) is 12.6 Å². The lowest BCUT2D eigenvalue weighted by Crippen LogP contribution is -2.41. The SMILES string of the molecule is COC[C@H]1C[C@@H](C(=O)O)CN1C(=O)OC(C)(C)C. The third-order valence-electron chi connectivity index (χ3n) is 2.75. The predicted octanol–water partition coefficient (Wildman–Crippen LogP) is 1.34. The largest absolute Gasteiger partial charge is 0.481 e. The van der Waals surface area contributed by atoms with Crippen LogP contribution < -0.4 is 0 Å². The van der Waals surface area contributed by atoms with Crippen molar-refractivity contribution >= 4 is 12.1 Å². The zero-order chi connectivity index (χ0) is 13.9. The van der Waals surface area contributed by atoms with Crippen molar-refractivity contribution in [3.63, 3.8) is 0 Å². The maximum Gasteiger partial charge on any atom is 0.410 e. The third-order valence-corrected chi connectivity index (χ3v) is 2.75. The Kier molecular flexibility index (Phi) is 4.56. The van der Waals surface area contributed by atoms with Crippen molar-refractivity contribution in [2.75, 3.05) is 20.3 Å². The highest BCUT2D eigenvalue weighted by Crippen LogP contribution is 2.25. The molecule has 2 atom stereocenters. The topological polar surface area (TPSA) is 76.1 Å². The van der Waals surface area contributed by atoms with Gasteiger partial charge in [0.15, 0.2) is 0 Å². The molecule has 0 spiro atoms. The van der Waals surface area contributed by atoms with Crippen LogP contribution in [0.25, 0.3) is 0 Å². The number of hydrogen-bond donors (Lipinski definition) is 1. The maximum absolute atomic E-state index is 12.0. The number of aliphatic carboxylic acids is 1. The smallest absolute Gasteiger partial charge is 0.410 e. The number of ether oxygens (including phenoxy) is 2. The van der Waals surface area contributed by atoms with Gasteiger partial charge in [0.1, 0.15) is 5.60 Å². The first kappa shape index (κ1) is 14.8. The van der Waals surface area contributed by atoms with Crippen molar-refractivity contribution in [2.45, 2.75) is 38.8 Å². The van der Waals surface area contributed by atoms with Crippen LogP contribution in [0.4, 0.5) is 4.79 Å². The molecule has 1 rings (SSSR count). The Morgan fingerprint density at radius 3 is 2.44 bits per heavy atom. The molecule has 6 nitrogen and oxygen atoms in total. The van der Waals surface area contributed by atoms with Gasteiger partial charge in [-0.25, -0.2) is 4.79 Å². The number of hydrogen-bond acceptors (Lipinski definition) is 4. The first-order valence-corrected chi connectivity index (χ1v) is 5.96. The minimum Gasteiger partial charge on any atom is -0.481 e. The Bertz CT molecular complexity index is 323. The summed E-state index contributed by atoms with van der Waals surface area (Å²) in [6, 6.07) is -0.231. The van der Waals surface area contributed by atoms with Crippen molar-refractivity contribution in [2.24, 2.45) is 5.92 Å². The molecule has 0 radical (unpaired) electrons. The van der Waals surface area contributed by atoms with Crippen LogP contribution >= 0.6 is 0 Å². The van der Waals surface area contributed by atoms with Gasteiger partial charge >= 0.3 is 12.1 Å². The van der Waals surface area contributed by atoms with Crippen LogP contribution in [0.3, 0.4) is 0 Å². The lowest BCUT2D eigenvalue weighted by atomic mass is 10.1. The quantitative estimate of drug-likeness (QED) is 0.827. The van der Waals surface area contributed by atoms with E-state index in [1.165, 1.54) is 12.0 Å². The van der Waals surface area contributed by atoms with E-state index in [1.54, 1.807) is 20.8 Å². The standard InChI is InChI=1S/C12H21NO5/c1-12(2,3)18-11(16)13-6-8(10(14)15)5-9(13)7-17-4/h8-9H,5-7H2,1-4H3,(H,14,15)/t8-,9-/m1/s1. The average molecular weight is 259 g/mol. The molecule has 1 aliphatic rings. The molecule has 0 bridgehead atoms. The van der Waals surface area contributed by atoms with Crippen LogP contribution in [0.15, 0.2) is 0 Å². The zero-order valence-electron chi connectivity index (χ0n) is 11.3. The van der Waals surface area contributed by atoms with E-state index in [0.29, 0.717) is 13.0 Å². The van der Waals surface area contributed by atoms with E-state index in [4.69, 9.17) is 14.6 Å².